The molecule has 104 valence electrons. The lowest BCUT2D eigenvalue weighted by Gasteiger charge is -2.17. The number of hydrogen-bond acceptors (Lipinski definition) is 3. The van der Waals surface area contributed by atoms with Crippen molar-refractivity contribution in [2.75, 3.05) is 14.2 Å². The van der Waals surface area contributed by atoms with E-state index in [0.29, 0.717) is 6.54 Å². The average molecular weight is 265 g/mol. The molecule has 5 heteroatoms. The van der Waals surface area contributed by atoms with E-state index in [-0.39, 0.29) is 0 Å². The Balaban J connectivity index is 2.76. The lowest BCUT2D eigenvalue weighted by Crippen LogP contribution is -2.28. The zero-order valence-corrected chi connectivity index (χ0v) is 11.5. The Morgan fingerprint density at radius 3 is 2.58 bits per heavy atom. The summed E-state index contributed by atoms with van der Waals surface area (Å²) in [6.45, 7) is 2.42. The van der Waals surface area contributed by atoms with Crippen LogP contribution in [-0.2, 0) is 22.6 Å². The molecule has 0 atom stereocenters. The molecule has 1 rings (SSSR count). The minimum absolute atomic E-state index is 0.392. The van der Waals surface area contributed by atoms with Gasteiger partial charge in [-0.3, -0.25) is 9.59 Å². The van der Waals surface area contributed by atoms with Gasteiger partial charge in [-0.15, -0.1) is 0 Å². The molecule has 0 bridgehead atoms. The van der Waals surface area contributed by atoms with Gasteiger partial charge < -0.3 is 14.7 Å². The van der Waals surface area contributed by atoms with E-state index in [0.717, 1.165) is 23.3 Å². The van der Waals surface area contributed by atoms with Gasteiger partial charge in [-0.1, -0.05) is 19.1 Å². The first-order chi connectivity index (χ1) is 8.97. The highest BCUT2D eigenvalue weighted by molar-refractivity contribution is 5.93. The summed E-state index contributed by atoms with van der Waals surface area (Å²) in [6, 6.07) is 5.72. The molecular formula is C14H19NO4. The summed E-state index contributed by atoms with van der Waals surface area (Å²) in [4.78, 5) is 23.5. The van der Waals surface area contributed by atoms with Crippen LogP contribution in [0.15, 0.2) is 18.2 Å². The average Bonchev–Trinajstić information content (AvgIpc) is 2.37. The van der Waals surface area contributed by atoms with E-state index in [9.17, 15) is 9.59 Å². The highest BCUT2D eigenvalue weighted by atomic mass is 16.5. The summed E-state index contributed by atoms with van der Waals surface area (Å²) in [5, 5.41) is 8.59. The Kier molecular flexibility index (Phi) is 5.36. The molecule has 0 aliphatic rings. The number of ether oxygens (including phenoxy) is 1. The number of aryl methyl sites for hydroxylation is 1. The maximum atomic E-state index is 11.6. The Bertz CT molecular complexity index is 471. The predicted octanol–water partition coefficient (Wildman–Crippen LogP) is 1.69. The third-order valence-electron chi connectivity index (χ3n) is 2.87. The van der Waals surface area contributed by atoms with Crippen molar-refractivity contribution >= 4 is 11.9 Å². The zero-order valence-electron chi connectivity index (χ0n) is 11.5. The molecule has 0 unspecified atom stereocenters. The third kappa shape index (κ3) is 4.28. The first-order valence-electron chi connectivity index (χ1n) is 6.09. The molecule has 0 fully saturated rings. The molecule has 0 spiro atoms. The monoisotopic (exact) mass is 265 g/mol. The summed E-state index contributed by atoms with van der Waals surface area (Å²) >= 11 is 0. The summed E-state index contributed by atoms with van der Waals surface area (Å²) in [7, 11) is 3.22. The van der Waals surface area contributed by atoms with Crippen molar-refractivity contribution in [1.82, 2.24) is 4.90 Å². The van der Waals surface area contributed by atoms with Crippen molar-refractivity contribution in [3.8, 4) is 5.75 Å². The Morgan fingerprint density at radius 1 is 1.37 bits per heavy atom. The fourth-order valence-electron chi connectivity index (χ4n) is 1.83. The molecule has 0 aromatic heterocycles. The number of carboxylic acids is 1. The van der Waals surface area contributed by atoms with Gasteiger partial charge >= 0.3 is 5.97 Å². The maximum Gasteiger partial charge on any atom is 0.312 e. The van der Waals surface area contributed by atoms with Crippen LogP contribution in [0.4, 0.5) is 0 Å². The molecule has 0 aliphatic heterocycles. The fraction of sp³-hybridized carbons (Fsp3) is 0.429. The SMILES string of the molecule is CCc1cc(CN(C)C(=O)CC(=O)O)ccc1OC. The second-order valence-electron chi connectivity index (χ2n) is 4.32. The molecule has 1 aromatic carbocycles. The van der Waals surface area contributed by atoms with Crippen LogP contribution in [0.2, 0.25) is 0 Å². The number of methoxy groups -OCH3 is 1. The van der Waals surface area contributed by atoms with Crippen molar-refractivity contribution in [2.24, 2.45) is 0 Å². The number of benzene rings is 1. The van der Waals surface area contributed by atoms with Crippen LogP contribution in [0.5, 0.6) is 5.75 Å². The largest absolute Gasteiger partial charge is 0.496 e. The van der Waals surface area contributed by atoms with E-state index in [1.165, 1.54) is 4.90 Å². The number of rotatable bonds is 6. The van der Waals surface area contributed by atoms with Crippen LogP contribution in [0.3, 0.4) is 0 Å². The third-order valence-corrected chi connectivity index (χ3v) is 2.87. The molecule has 0 radical (unpaired) electrons. The molecule has 0 saturated heterocycles. The zero-order chi connectivity index (χ0) is 14.4. The molecule has 5 nitrogen and oxygen atoms in total. The molecule has 1 amide bonds. The number of amides is 1. The summed E-state index contributed by atoms with van der Waals surface area (Å²) in [5.74, 6) is -0.687. The van der Waals surface area contributed by atoms with E-state index >= 15 is 0 Å². The van der Waals surface area contributed by atoms with Crippen LogP contribution in [-0.4, -0.2) is 36.0 Å². The molecule has 0 heterocycles. The predicted molar refractivity (Wildman–Crippen MR) is 71.1 cm³/mol. The minimum Gasteiger partial charge on any atom is -0.496 e. The van der Waals surface area contributed by atoms with Crippen LogP contribution >= 0.6 is 0 Å². The van der Waals surface area contributed by atoms with Crippen LogP contribution in [0.25, 0.3) is 0 Å². The second kappa shape index (κ2) is 6.78. The lowest BCUT2D eigenvalue weighted by atomic mass is 10.1. The standard InChI is InChI=1S/C14H19NO4/c1-4-11-7-10(5-6-12(11)19-3)9-15(2)13(16)8-14(17)18/h5-7H,4,8-9H2,1-3H3,(H,17,18). The molecular weight excluding hydrogens is 246 g/mol. The highest BCUT2D eigenvalue weighted by Crippen LogP contribution is 2.21. The second-order valence-corrected chi connectivity index (χ2v) is 4.32. The quantitative estimate of drug-likeness (QED) is 0.795. The number of carbonyl (C=O) groups is 2. The van der Waals surface area contributed by atoms with Gasteiger partial charge in [0.15, 0.2) is 0 Å². The van der Waals surface area contributed by atoms with Gasteiger partial charge in [0.25, 0.3) is 0 Å². The molecule has 0 saturated carbocycles. The summed E-state index contributed by atoms with van der Waals surface area (Å²) in [6.07, 6.45) is 0.358. The van der Waals surface area contributed by atoms with Gasteiger partial charge in [-0.2, -0.15) is 0 Å². The lowest BCUT2D eigenvalue weighted by molar-refractivity contribution is -0.143. The van der Waals surface area contributed by atoms with Crippen molar-refractivity contribution in [2.45, 2.75) is 26.3 Å². The molecule has 1 aromatic rings. The van der Waals surface area contributed by atoms with Crippen LogP contribution in [0.1, 0.15) is 24.5 Å². The molecule has 0 aliphatic carbocycles. The van der Waals surface area contributed by atoms with Gasteiger partial charge in [0.05, 0.1) is 7.11 Å². The summed E-state index contributed by atoms with van der Waals surface area (Å²) < 4.78 is 5.24. The summed E-state index contributed by atoms with van der Waals surface area (Å²) in [5.41, 5.74) is 2.03. The Labute approximate surface area is 112 Å². The van der Waals surface area contributed by atoms with E-state index in [4.69, 9.17) is 9.84 Å². The van der Waals surface area contributed by atoms with Crippen LogP contribution < -0.4 is 4.74 Å². The van der Waals surface area contributed by atoms with Crippen LogP contribution in [0, 0.1) is 0 Å². The topological polar surface area (TPSA) is 66.8 Å². The maximum absolute atomic E-state index is 11.6. The molecule has 1 N–H and O–H groups in total. The normalized spacial score (nSPS) is 10.1. The highest BCUT2D eigenvalue weighted by Gasteiger charge is 2.13. The van der Waals surface area contributed by atoms with Crippen molar-refractivity contribution < 1.29 is 19.4 Å². The molecule has 19 heavy (non-hydrogen) atoms. The van der Waals surface area contributed by atoms with Gasteiger partial charge in [0, 0.05) is 13.6 Å². The smallest absolute Gasteiger partial charge is 0.312 e. The first kappa shape index (κ1) is 15.0. The van der Waals surface area contributed by atoms with E-state index in [1.54, 1.807) is 14.2 Å². The number of nitrogens with zero attached hydrogens (tertiary/aromatic N) is 1. The van der Waals surface area contributed by atoms with E-state index in [2.05, 4.69) is 0 Å². The van der Waals surface area contributed by atoms with Gasteiger partial charge in [-0.25, -0.2) is 0 Å². The Hall–Kier alpha value is -2.04. The van der Waals surface area contributed by atoms with Crippen molar-refractivity contribution in [3.63, 3.8) is 0 Å². The Morgan fingerprint density at radius 2 is 2.05 bits per heavy atom. The number of hydrogen-bond donors (Lipinski definition) is 1. The van der Waals surface area contributed by atoms with Gasteiger partial charge in [0.2, 0.25) is 5.91 Å². The fourth-order valence-corrected chi connectivity index (χ4v) is 1.83. The number of carbonyl (C=O) groups excluding carboxylic acids is 1. The van der Waals surface area contributed by atoms with E-state index in [1.807, 2.05) is 25.1 Å². The van der Waals surface area contributed by atoms with Gasteiger partial charge in [0.1, 0.15) is 12.2 Å². The first-order valence-corrected chi connectivity index (χ1v) is 6.09. The number of aliphatic carboxylic acids is 1. The minimum atomic E-state index is -1.11. The van der Waals surface area contributed by atoms with E-state index < -0.39 is 18.3 Å². The van der Waals surface area contributed by atoms with Crippen molar-refractivity contribution in [3.05, 3.63) is 29.3 Å². The van der Waals surface area contributed by atoms with Crippen molar-refractivity contribution in [1.29, 1.82) is 0 Å². The number of carboxylic acid groups (broad SMARTS) is 1. The van der Waals surface area contributed by atoms with Gasteiger partial charge in [-0.05, 0) is 23.6 Å².